The van der Waals surface area contributed by atoms with Gasteiger partial charge in [-0.15, -0.1) is 5.10 Å². The fraction of sp³-hybridized carbons (Fsp3) is 0.167. The van der Waals surface area contributed by atoms with Crippen LogP contribution in [0, 0.1) is 0 Å². The highest BCUT2D eigenvalue weighted by Gasteiger charge is 2.16. The Labute approximate surface area is 170 Å². The van der Waals surface area contributed by atoms with Crippen molar-refractivity contribution < 1.29 is 14.3 Å². The lowest BCUT2D eigenvalue weighted by Crippen LogP contribution is -2.19. The van der Waals surface area contributed by atoms with E-state index in [0.29, 0.717) is 32.5 Å². The van der Waals surface area contributed by atoms with Crippen LogP contribution in [0.3, 0.4) is 0 Å². The number of benzene rings is 2. The van der Waals surface area contributed by atoms with Crippen molar-refractivity contribution in [3.8, 4) is 11.5 Å². The first kappa shape index (κ1) is 19.5. The Morgan fingerprint density at radius 2 is 2.11 bits per heavy atom. The van der Waals surface area contributed by atoms with Crippen molar-refractivity contribution in [2.24, 2.45) is 10.2 Å². The van der Waals surface area contributed by atoms with Gasteiger partial charge in [-0.2, -0.15) is 5.10 Å². The zero-order valence-corrected chi connectivity index (χ0v) is 16.6. The van der Waals surface area contributed by atoms with Crippen LogP contribution in [0.15, 0.2) is 46.6 Å². The number of hydrogen-bond donors (Lipinski definition) is 1. The van der Waals surface area contributed by atoms with Crippen LogP contribution in [0.2, 0.25) is 10.0 Å². The van der Waals surface area contributed by atoms with E-state index in [1.165, 1.54) is 11.8 Å². The maximum atomic E-state index is 11.1. The summed E-state index contributed by atoms with van der Waals surface area (Å²) in [6, 6.07) is 10.7. The van der Waals surface area contributed by atoms with E-state index < -0.39 is 0 Å². The molecule has 6 nitrogen and oxygen atoms in total. The maximum Gasteiger partial charge on any atom is 0.236 e. The Bertz CT molecular complexity index is 919. The van der Waals surface area contributed by atoms with Gasteiger partial charge in [0, 0.05) is 5.56 Å². The summed E-state index contributed by atoms with van der Waals surface area (Å²) in [5, 5.41) is 11.9. The van der Waals surface area contributed by atoms with Crippen LogP contribution in [0.4, 0.5) is 0 Å². The van der Waals surface area contributed by atoms with Crippen molar-refractivity contribution >= 4 is 52.3 Å². The molecular formula is C18H15Cl2N3O3S. The Hall–Kier alpha value is -2.22. The number of methoxy groups -OCH3 is 1. The molecule has 140 valence electrons. The number of nitrogens with zero attached hydrogens (tertiary/aromatic N) is 2. The number of carbonyl (C=O) groups excluding carboxylic acids is 1. The van der Waals surface area contributed by atoms with Crippen LogP contribution in [-0.2, 0) is 11.4 Å². The van der Waals surface area contributed by atoms with E-state index in [9.17, 15) is 4.79 Å². The third-order valence-electron chi connectivity index (χ3n) is 3.55. The molecule has 0 aliphatic carbocycles. The average Bonchev–Trinajstić information content (AvgIpc) is 3.08. The van der Waals surface area contributed by atoms with Gasteiger partial charge in [-0.1, -0.05) is 41.0 Å². The third kappa shape index (κ3) is 5.15. The van der Waals surface area contributed by atoms with E-state index in [1.807, 2.05) is 18.2 Å². The molecule has 2 aromatic carbocycles. The second-order valence-corrected chi connectivity index (χ2v) is 7.15. The van der Waals surface area contributed by atoms with Crippen molar-refractivity contribution in [3.05, 3.63) is 57.6 Å². The summed E-state index contributed by atoms with van der Waals surface area (Å²) in [4.78, 5) is 11.1. The van der Waals surface area contributed by atoms with Gasteiger partial charge in [0.25, 0.3) is 0 Å². The van der Waals surface area contributed by atoms with Gasteiger partial charge < -0.3 is 14.8 Å². The number of thioether (sulfide) groups is 1. The first-order chi connectivity index (χ1) is 13.1. The smallest absolute Gasteiger partial charge is 0.236 e. The zero-order chi connectivity index (χ0) is 19.2. The number of rotatable bonds is 6. The summed E-state index contributed by atoms with van der Waals surface area (Å²) in [5.41, 5.74) is 1.62. The Balaban J connectivity index is 1.73. The summed E-state index contributed by atoms with van der Waals surface area (Å²) in [6.45, 7) is 0.241. The standard InChI is InChI=1S/C18H15Cl2N3O3S/c1-25-14-6-5-11(8-21-23-18-22-16(24)10-27-18)7-12(14)9-26-15-4-2-3-13(19)17(15)20/h2-8H,9-10H2,1H3,(H,22,23,24). The van der Waals surface area contributed by atoms with Crippen LogP contribution in [-0.4, -0.2) is 30.2 Å². The van der Waals surface area contributed by atoms with E-state index in [0.717, 1.165) is 11.1 Å². The minimum atomic E-state index is -0.0718. The Morgan fingerprint density at radius 1 is 1.26 bits per heavy atom. The number of nitrogens with one attached hydrogen (secondary N) is 1. The quantitative estimate of drug-likeness (QED) is 0.559. The number of carbonyl (C=O) groups is 1. The normalized spacial score (nSPS) is 15.4. The van der Waals surface area contributed by atoms with E-state index in [2.05, 4.69) is 15.5 Å². The summed E-state index contributed by atoms with van der Waals surface area (Å²) in [6.07, 6.45) is 1.59. The monoisotopic (exact) mass is 423 g/mol. The SMILES string of the molecule is COc1ccc(C=NN=C2NC(=O)CS2)cc1COc1cccc(Cl)c1Cl. The summed E-state index contributed by atoms with van der Waals surface area (Å²) in [5.74, 6) is 1.46. The number of halogens is 2. The van der Waals surface area contributed by atoms with Crippen molar-refractivity contribution in [2.75, 3.05) is 12.9 Å². The van der Waals surface area contributed by atoms with Gasteiger partial charge in [-0.3, -0.25) is 4.79 Å². The minimum Gasteiger partial charge on any atom is -0.496 e. The molecule has 0 spiro atoms. The van der Waals surface area contributed by atoms with Crippen molar-refractivity contribution in [1.82, 2.24) is 5.32 Å². The van der Waals surface area contributed by atoms with Gasteiger partial charge in [-0.05, 0) is 35.9 Å². The lowest BCUT2D eigenvalue weighted by molar-refractivity contribution is -0.116. The van der Waals surface area contributed by atoms with Crippen LogP contribution in [0.25, 0.3) is 0 Å². The van der Waals surface area contributed by atoms with Crippen LogP contribution in [0.5, 0.6) is 11.5 Å². The molecule has 1 fully saturated rings. The lowest BCUT2D eigenvalue weighted by Gasteiger charge is -2.12. The molecule has 1 amide bonds. The van der Waals surface area contributed by atoms with Gasteiger partial charge in [0.2, 0.25) is 5.91 Å². The molecule has 1 aliphatic rings. The predicted octanol–water partition coefficient (Wildman–Crippen LogP) is 4.13. The molecule has 3 rings (SSSR count). The highest BCUT2D eigenvalue weighted by atomic mass is 35.5. The fourth-order valence-corrected chi connectivity index (χ4v) is 3.25. The van der Waals surface area contributed by atoms with E-state index >= 15 is 0 Å². The lowest BCUT2D eigenvalue weighted by atomic mass is 10.1. The number of amidine groups is 1. The van der Waals surface area contributed by atoms with Crippen LogP contribution in [0.1, 0.15) is 11.1 Å². The highest BCUT2D eigenvalue weighted by molar-refractivity contribution is 8.15. The fourth-order valence-electron chi connectivity index (χ4n) is 2.27. The average molecular weight is 424 g/mol. The zero-order valence-electron chi connectivity index (χ0n) is 14.2. The topological polar surface area (TPSA) is 72.3 Å². The number of amides is 1. The molecular weight excluding hydrogens is 409 g/mol. The molecule has 0 radical (unpaired) electrons. The molecule has 0 unspecified atom stereocenters. The van der Waals surface area contributed by atoms with Crippen molar-refractivity contribution in [3.63, 3.8) is 0 Å². The van der Waals surface area contributed by atoms with Crippen LogP contribution >= 0.6 is 35.0 Å². The second-order valence-electron chi connectivity index (χ2n) is 5.40. The molecule has 1 heterocycles. The number of ether oxygens (including phenoxy) is 2. The third-order valence-corrected chi connectivity index (χ3v) is 5.21. The van der Waals surface area contributed by atoms with Gasteiger partial charge >= 0.3 is 0 Å². The van der Waals surface area contributed by atoms with Crippen molar-refractivity contribution in [1.29, 1.82) is 0 Å². The molecule has 0 aromatic heterocycles. The summed E-state index contributed by atoms with van der Waals surface area (Å²) < 4.78 is 11.2. The minimum absolute atomic E-state index is 0.0718. The molecule has 0 bridgehead atoms. The van der Waals surface area contributed by atoms with Gasteiger partial charge in [0.15, 0.2) is 5.17 Å². The van der Waals surface area contributed by atoms with E-state index in [4.69, 9.17) is 32.7 Å². The molecule has 2 aromatic rings. The van der Waals surface area contributed by atoms with Gasteiger partial charge in [-0.25, -0.2) is 0 Å². The van der Waals surface area contributed by atoms with Gasteiger partial charge in [0.1, 0.15) is 23.1 Å². The van der Waals surface area contributed by atoms with E-state index in [-0.39, 0.29) is 12.5 Å². The predicted molar refractivity (Wildman–Crippen MR) is 109 cm³/mol. The molecule has 9 heteroatoms. The van der Waals surface area contributed by atoms with E-state index in [1.54, 1.807) is 31.5 Å². The molecule has 0 atom stereocenters. The summed E-state index contributed by atoms with van der Waals surface area (Å²) >= 11 is 13.5. The molecule has 27 heavy (non-hydrogen) atoms. The summed E-state index contributed by atoms with van der Waals surface area (Å²) in [7, 11) is 1.59. The molecule has 1 N–H and O–H groups in total. The highest BCUT2D eigenvalue weighted by Crippen LogP contribution is 2.32. The van der Waals surface area contributed by atoms with Gasteiger partial charge in [0.05, 0.1) is 24.1 Å². The number of hydrogen-bond acceptors (Lipinski definition) is 6. The Morgan fingerprint density at radius 3 is 2.85 bits per heavy atom. The first-order valence-corrected chi connectivity index (χ1v) is 9.58. The molecule has 1 saturated heterocycles. The molecule has 1 aliphatic heterocycles. The van der Waals surface area contributed by atoms with Crippen LogP contribution < -0.4 is 14.8 Å². The molecule has 0 saturated carbocycles. The largest absolute Gasteiger partial charge is 0.496 e. The second kappa shape index (κ2) is 9.12. The first-order valence-electron chi connectivity index (χ1n) is 7.84. The Kier molecular flexibility index (Phi) is 6.60. The van der Waals surface area contributed by atoms with Crippen molar-refractivity contribution in [2.45, 2.75) is 6.61 Å². The maximum absolute atomic E-state index is 11.1.